The van der Waals surface area contributed by atoms with Crippen molar-refractivity contribution < 1.29 is 10.2 Å². The van der Waals surface area contributed by atoms with E-state index in [2.05, 4.69) is 17.1 Å². The summed E-state index contributed by atoms with van der Waals surface area (Å²) in [5.74, 6) is 0.377. The Kier molecular flexibility index (Phi) is 7.04. The Balaban J connectivity index is 2.40. The highest BCUT2D eigenvalue weighted by molar-refractivity contribution is 4.85. The van der Waals surface area contributed by atoms with Crippen molar-refractivity contribution in [3.05, 3.63) is 0 Å². The van der Waals surface area contributed by atoms with Gasteiger partial charge in [-0.3, -0.25) is 0 Å². The van der Waals surface area contributed by atoms with Crippen molar-refractivity contribution in [1.29, 1.82) is 0 Å². The molecule has 0 spiro atoms. The summed E-state index contributed by atoms with van der Waals surface area (Å²) < 4.78 is 0. The molecule has 1 aliphatic rings. The number of aliphatic hydroxyl groups excluding tert-OH is 2. The summed E-state index contributed by atoms with van der Waals surface area (Å²) >= 11 is 0. The summed E-state index contributed by atoms with van der Waals surface area (Å²) in [6.07, 6.45) is 2.79. The molecule has 0 aromatic rings. The third kappa shape index (κ3) is 5.34. The molecule has 0 amide bonds. The second kappa shape index (κ2) is 8.03. The fourth-order valence-electron chi connectivity index (χ4n) is 2.61. The second-order valence-electron chi connectivity index (χ2n) is 5.22. The topological polar surface area (TPSA) is 55.7 Å². The van der Waals surface area contributed by atoms with Crippen LogP contribution in [0.4, 0.5) is 0 Å². The van der Waals surface area contributed by atoms with E-state index in [9.17, 15) is 5.11 Å². The Hall–Kier alpha value is -0.160. The van der Waals surface area contributed by atoms with Crippen molar-refractivity contribution in [1.82, 2.24) is 10.2 Å². The third-order valence-electron chi connectivity index (χ3n) is 3.55. The zero-order valence-corrected chi connectivity index (χ0v) is 11.2. The zero-order valence-electron chi connectivity index (χ0n) is 11.2. The number of nitrogens with zero attached hydrogens (tertiary/aromatic N) is 1. The van der Waals surface area contributed by atoms with Crippen molar-refractivity contribution >= 4 is 0 Å². The molecule has 1 saturated heterocycles. The van der Waals surface area contributed by atoms with Crippen LogP contribution in [-0.2, 0) is 0 Å². The highest BCUT2D eigenvalue weighted by atomic mass is 16.3. The molecule has 17 heavy (non-hydrogen) atoms. The molecule has 0 saturated carbocycles. The lowest BCUT2D eigenvalue weighted by Gasteiger charge is -2.39. The van der Waals surface area contributed by atoms with Gasteiger partial charge in [-0.15, -0.1) is 0 Å². The van der Waals surface area contributed by atoms with E-state index in [1.165, 1.54) is 0 Å². The van der Waals surface area contributed by atoms with Gasteiger partial charge in [0.15, 0.2) is 0 Å². The first-order chi connectivity index (χ1) is 8.17. The van der Waals surface area contributed by atoms with Crippen molar-refractivity contribution in [3.63, 3.8) is 0 Å². The van der Waals surface area contributed by atoms with Crippen LogP contribution in [0.2, 0.25) is 0 Å². The lowest BCUT2D eigenvalue weighted by Crippen LogP contribution is -2.51. The van der Waals surface area contributed by atoms with Crippen LogP contribution in [0.1, 0.15) is 33.1 Å². The Labute approximate surface area is 105 Å². The number of likely N-dealkylation sites (tertiary alicyclic amines) is 1. The van der Waals surface area contributed by atoms with Crippen LogP contribution >= 0.6 is 0 Å². The van der Waals surface area contributed by atoms with Crippen molar-refractivity contribution in [2.24, 2.45) is 5.92 Å². The van der Waals surface area contributed by atoms with Crippen molar-refractivity contribution in [3.8, 4) is 0 Å². The summed E-state index contributed by atoms with van der Waals surface area (Å²) in [5.41, 5.74) is 0. The van der Waals surface area contributed by atoms with Gasteiger partial charge in [0.2, 0.25) is 0 Å². The van der Waals surface area contributed by atoms with Gasteiger partial charge < -0.3 is 20.4 Å². The Morgan fingerprint density at radius 2 is 2.18 bits per heavy atom. The van der Waals surface area contributed by atoms with E-state index in [-0.39, 0.29) is 12.7 Å². The molecule has 0 radical (unpaired) electrons. The molecule has 4 heteroatoms. The molecule has 1 aliphatic heterocycles. The number of piperidine rings is 1. The SMILES string of the molecule is CCCN1CC(NCCCO)CC(C(C)O)C1. The molecule has 0 aromatic heterocycles. The van der Waals surface area contributed by atoms with E-state index in [0.29, 0.717) is 12.0 Å². The molecule has 102 valence electrons. The summed E-state index contributed by atoms with van der Waals surface area (Å²) in [6.45, 7) is 8.41. The Bertz CT molecular complexity index is 200. The van der Waals surface area contributed by atoms with Crippen LogP contribution < -0.4 is 5.32 Å². The fourth-order valence-corrected chi connectivity index (χ4v) is 2.61. The van der Waals surface area contributed by atoms with E-state index < -0.39 is 0 Å². The zero-order chi connectivity index (χ0) is 12.7. The first-order valence-electron chi connectivity index (χ1n) is 6.92. The lowest BCUT2D eigenvalue weighted by molar-refractivity contribution is 0.0479. The summed E-state index contributed by atoms with van der Waals surface area (Å²) in [4.78, 5) is 2.44. The lowest BCUT2D eigenvalue weighted by atomic mass is 9.90. The number of aliphatic hydroxyl groups is 2. The van der Waals surface area contributed by atoms with Crippen molar-refractivity contribution in [2.45, 2.75) is 45.3 Å². The third-order valence-corrected chi connectivity index (χ3v) is 3.55. The number of hydrogen-bond acceptors (Lipinski definition) is 4. The highest BCUT2D eigenvalue weighted by Crippen LogP contribution is 2.20. The first kappa shape index (κ1) is 14.9. The molecule has 0 aliphatic carbocycles. The van der Waals surface area contributed by atoms with Crippen LogP contribution in [0.15, 0.2) is 0 Å². The Morgan fingerprint density at radius 1 is 1.41 bits per heavy atom. The molecule has 3 unspecified atom stereocenters. The molecular formula is C13H28N2O2. The molecule has 3 N–H and O–H groups in total. The van der Waals surface area contributed by atoms with Gasteiger partial charge in [-0.1, -0.05) is 6.92 Å². The van der Waals surface area contributed by atoms with Crippen LogP contribution in [-0.4, -0.2) is 60.0 Å². The first-order valence-corrected chi connectivity index (χ1v) is 6.92. The average molecular weight is 244 g/mol. The minimum atomic E-state index is -0.225. The van der Waals surface area contributed by atoms with Gasteiger partial charge in [-0.25, -0.2) is 0 Å². The second-order valence-corrected chi connectivity index (χ2v) is 5.22. The van der Waals surface area contributed by atoms with Gasteiger partial charge >= 0.3 is 0 Å². The van der Waals surface area contributed by atoms with Gasteiger partial charge in [0, 0.05) is 25.7 Å². The predicted octanol–water partition coefficient (Wildman–Crippen LogP) is 0.440. The fraction of sp³-hybridized carbons (Fsp3) is 1.00. The predicted molar refractivity (Wildman–Crippen MR) is 70.0 cm³/mol. The molecule has 4 nitrogen and oxygen atoms in total. The van der Waals surface area contributed by atoms with Crippen LogP contribution in [0.3, 0.4) is 0 Å². The smallest absolute Gasteiger partial charge is 0.0553 e. The monoisotopic (exact) mass is 244 g/mol. The minimum Gasteiger partial charge on any atom is -0.396 e. The van der Waals surface area contributed by atoms with E-state index in [1.54, 1.807) is 0 Å². The van der Waals surface area contributed by atoms with E-state index >= 15 is 0 Å². The number of nitrogens with one attached hydrogen (secondary N) is 1. The van der Waals surface area contributed by atoms with Crippen LogP contribution in [0.5, 0.6) is 0 Å². The molecule has 0 aromatic carbocycles. The standard InChI is InChI=1S/C13H28N2O2/c1-3-6-15-9-12(11(2)17)8-13(10-15)14-5-4-7-16/h11-14,16-17H,3-10H2,1-2H3. The van der Waals surface area contributed by atoms with Gasteiger partial charge in [0.25, 0.3) is 0 Å². The molecule has 0 bridgehead atoms. The van der Waals surface area contributed by atoms with E-state index in [1.807, 2.05) is 6.92 Å². The van der Waals surface area contributed by atoms with Crippen LogP contribution in [0.25, 0.3) is 0 Å². The number of rotatable bonds is 7. The van der Waals surface area contributed by atoms with Gasteiger partial charge in [-0.05, 0) is 45.2 Å². The molecular weight excluding hydrogens is 216 g/mol. The van der Waals surface area contributed by atoms with Gasteiger partial charge in [0.05, 0.1) is 6.10 Å². The quantitative estimate of drug-likeness (QED) is 0.569. The van der Waals surface area contributed by atoms with Gasteiger partial charge in [-0.2, -0.15) is 0 Å². The maximum atomic E-state index is 9.76. The molecule has 1 rings (SSSR count). The average Bonchev–Trinajstić information content (AvgIpc) is 2.29. The minimum absolute atomic E-state index is 0.225. The highest BCUT2D eigenvalue weighted by Gasteiger charge is 2.28. The summed E-state index contributed by atoms with van der Waals surface area (Å²) in [7, 11) is 0. The maximum absolute atomic E-state index is 9.76. The van der Waals surface area contributed by atoms with E-state index in [0.717, 1.165) is 45.4 Å². The van der Waals surface area contributed by atoms with E-state index in [4.69, 9.17) is 5.11 Å². The van der Waals surface area contributed by atoms with Gasteiger partial charge in [0.1, 0.15) is 0 Å². The van der Waals surface area contributed by atoms with Crippen molar-refractivity contribution in [2.75, 3.05) is 32.8 Å². The largest absolute Gasteiger partial charge is 0.396 e. The summed E-state index contributed by atoms with van der Waals surface area (Å²) in [6, 6.07) is 0.460. The number of hydrogen-bond donors (Lipinski definition) is 3. The molecule has 1 heterocycles. The molecule has 3 atom stereocenters. The van der Waals surface area contributed by atoms with Crippen LogP contribution in [0, 0.1) is 5.92 Å². The maximum Gasteiger partial charge on any atom is 0.0553 e. The normalized spacial score (nSPS) is 28.2. The summed E-state index contributed by atoms with van der Waals surface area (Å²) in [5, 5.41) is 22.0. The molecule has 1 fully saturated rings. The Morgan fingerprint density at radius 3 is 2.76 bits per heavy atom.